The van der Waals surface area contributed by atoms with Crippen LogP contribution >= 0.6 is 0 Å². The average molecular weight is 499 g/mol. The number of urea groups is 1. The zero-order valence-electron chi connectivity index (χ0n) is 19.8. The molecule has 3 heterocycles. The summed E-state index contributed by atoms with van der Waals surface area (Å²) in [5.74, 6) is -0.317. The number of Topliss-reactive ketones (excluding diaryl/α,β-unsaturated/α-hetero) is 1. The van der Waals surface area contributed by atoms with Crippen molar-refractivity contribution in [3.63, 3.8) is 0 Å². The number of hydrogen-bond donors (Lipinski definition) is 2. The third kappa shape index (κ3) is 3.70. The number of para-hydroxylation sites is 1. The molecule has 2 N–H and O–H groups in total. The van der Waals surface area contributed by atoms with E-state index < -0.39 is 35.6 Å². The number of ketones is 1. The molecule has 2 aliphatic heterocycles. The summed E-state index contributed by atoms with van der Waals surface area (Å²) in [5.41, 5.74) is 1.28. The maximum atomic E-state index is 13.7. The molecule has 3 amide bonds. The van der Waals surface area contributed by atoms with Crippen LogP contribution in [0.1, 0.15) is 22.8 Å². The van der Waals surface area contributed by atoms with Crippen molar-refractivity contribution in [1.82, 2.24) is 15.2 Å². The number of aromatic nitrogens is 1. The number of halogens is 1. The standard InChI is InChI=1S/C28H22FN3O5/c1-28(17-8-11-22-23(14-17)37-13-12-36-22)26(34)32(27(35)31-28)15-21(33)24-19-4-2-3-5-20(19)30-25(24)16-6-9-18(29)10-7-16/h2-11,14,30H,12-13,15H2,1H3,(H,31,35)/t28-/m0/s1. The number of benzene rings is 3. The number of nitrogens with zero attached hydrogens (tertiary/aromatic N) is 1. The van der Waals surface area contributed by atoms with Crippen molar-refractivity contribution >= 4 is 28.6 Å². The second kappa shape index (κ2) is 8.48. The molecule has 3 aromatic carbocycles. The molecular weight excluding hydrogens is 477 g/mol. The summed E-state index contributed by atoms with van der Waals surface area (Å²) >= 11 is 0. The molecule has 1 saturated heterocycles. The Bertz CT molecular complexity index is 1580. The topological polar surface area (TPSA) is 101 Å². The van der Waals surface area contributed by atoms with Gasteiger partial charge < -0.3 is 19.8 Å². The van der Waals surface area contributed by atoms with E-state index in [-0.39, 0.29) is 0 Å². The van der Waals surface area contributed by atoms with Gasteiger partial charge in [0.05, 0.1) is 17.8 Å². The van der Waals surface area contributed by atoms with Crippen LogP contribution in [0, 0.1) is 5.82 Å². The number of amides is 3. The highest BCUT2D eigenvalue weighted by Gasteiger charge is 2.50. The molecule has 37 heavy (non-hydrogen) atoms. The Hall–Kier alpha value is -4.66. The van der Waals surface area contributed by atoms with Gasteiger partial charge in [0.1, 0.15) is 24.6 Å². The van der Waals surface area contributed by atoms with E-state index in [1.807, 2.05) is 12.1 Å². The molecule has 1 aromatic heterocycles. The number of ether oxygens (including phenoxy) is 2. The average Bonchev–Trinajstić information content (AvgIpc) is 3.40. The molecular formula is C28H22FN3O5. The lowest BCUT2D eigenvalue weighted by molar-refractivity contribution is -0.130. The van der Waals surface area contributed by atoms with E-state index >= 15 is 0 Å². The van der Waals surface area contributed by atoms with E-state index in [4.69, 9.17) is 9.47 Å². The maximum Gasteiger partial charge on any atom is 0.325 e. The van der Waals surface area contributed by atoms with Gasteiger partial charge in [0.15, 0.2) is 17.3 Å². The maximum absolute atomic E-state index is 13.7. The third-order valence-electron chi connectivity index (χ3n) is 6.81. The molecule has 4 aromatic rings. The largest absolute Gasteiger partial charge is 0.486 e. The molecule has 186 valence electrons. The van der Waals surface area contributed by atoms with E-state index in [0.29, 0.717) is 58.0 Å². The van der Waals surface area contributed by atoms with Crippen LogP contribution in [0.4, 0.5) is 9.18 Å². The number of fused-ring (bicyclic) bond motifs is 2. The minimum atomic E-state index is -1.38. The normalized spacial score (nSPS) is 18.8. The highest BCUT2D eigenvalue weighted by Crippen LogP contribution is 2.37. The van der Waals surface area contributed by atoms with Gasteiger partial charge in [-0.25, -0.2) is 9.18 Å². The van der Waals surface area contributed by atoms with Crippen molar-refractivity contribution < 1.29 is 28.2 Å². The smallest absolute Gasteiger partial charge is 0.325 e. The molecule has 2 aliphatic rings. The van der Waals surface area contributed by atoms with Gasteiger partial charge >= 0.3 is 6.03 Å². The quantitative estimate of drug-likeness (QED) is 0.313. The van der Waals surface area contributed by atoms with Crippen molar-refractivity contribution in [3.05, 3.63) is 83.7 Å². The zero-order chi connectivity index (χ0) is 25.7. The summed E-state index contributed by atoms with van der Waals surface area (Å²) in [6.07, 6.45) is 0. The molecule has 0 bridgehead atoms. The summed E-state index contributed by atoms with van der Waals surface area (Å²) in [4.78, 5) is 44.3. The second-order valence-electron chi connectivity index (χ2n) is 9.16. The SMILES string of the molecule is C[C@@]1(c2ccc3c(c2)OCCO3)NC(=O)N(CC(=O)c2c(-c3ccc(F)cc3)[nH]c3ccccc23)C1=O. The Morgan fingerprint density at radius 3 is 2.51 bits per heavy atom. The Kier molecular flexibility index (Phi) is 5.22. The summed E-state index contributed by atoms with van der Waals surface area (Å²) in [7, 11) is 0. The fourth-order valence-corrected chi connectivity index (χ4v) is 4.88. The number of nitrogens with one attached hydrogen (secondary N) is 2. The lowest BCUT2D eigenvalue weighted by atomic mass is 9.91. The van der Waals surface area contributed by atoms with Gasteiger partial charge in [0, 0.05) is 10.9 Å². The Morgan fingerprint density at radius 1 is 1.00 bits per heavy atom. The first-order chi connectivity index (χ1) is 17.8. The number of imide groups is 1. The molecule has 6 rings (SSSR count). The molecule has 1 atom stereocenters. The molecule has 0 aliphatic carbocycles. The predicted molar refractivity (Wildman–Crippen MR) is 133 cm³/mol. The van der Waals surface area contributed by atoms with Crippen molar-refractivity contribution in [3.8, 4) is 22.8 Å². The third-order valence-corrected chi connectivity index (χ3v) is 6.81. The Morgan fingerprint density at radius 2 is 1.73 bits per heavy atom. The molecule has 0 saturated carbocycles. The number of H-pyrrole nitrogens is 1. The van der Waals surface area contributed by atoms with Crippen LogP contribution in [0.25, 0.3) is 22.2 Å². The summed E-state index contributed by atoms with van der Waals surface area (Å²) in [6, 6.07) is 17.4. The summed E-state index contributed by atoms with van der Waals surface area (Å²) in [6.45, 7) is 1.96. The van der Waals surface area contributed by atoms with Gasteiger partial charge in [-0.2, -0.15) is 0 Å². The van der Waals surface area contributed by atoms with Crippen LogP contribution in [0.5, 0.6) is 11.5 Å². The van der Waals surface area contributed by atoms with Crippen molar-refractivity contribution in [2.75, 3.05) is 19.8 Å². The molecule has 8 nitrogen and oxygen atoms in total. The number of carbonyl (C=O) groups excluding carboxylic acids is 3. The van der Waals surface area contributed by atoms with Gasteiger partial charge in [-0.1, -0.05) is 24.3 Å². The van der Waals surface area contributed by atoms with E-state index in [9.17, 15) is 18.8 Å². The summed E-state index contributed by atoms with van der Waals surface area (Å²) in [5, 5.41) is 3.38. The number of aromatic amines is 1. The fraction of sp³-hybridized carbons (Fsp3) is 0.179. The second-order valence-corrected chi connectivity index (χ2v) is 9.16. The van der Waals surface area contributed by atoms with Gasteiger partial charge in [0.25, 0.3) is 5.91 Å². The first-order valence-corrected chi connectivity index (χ1v) is 11.8. The summed E-state index contributed by atoms with van der Waals surface area (Å²) < 4.78 is 24.7. The van der Waals surface area contributed by atoms with Crippen LogP contribution in [-0.2, 0) is 10.3 Å². The lowest BCUT2D eigenvalue weighted by Crippen LogP contribution is -2.41. The van der Waals surface area contributed by atoms with Gasteiger partial charge in [-0.15, -0.1) is 0 Å². The van der Waals surface area contributed by atoms with E-state index in [1.165, 1.54) is 12.1 Å². The molecule has 9 heteroatoms. The molecule has 0 unspecified atom stereocenters. The van der Waals surface area contributed by atoms with Crippen LogP contribution in [-0.4, -0.2) is 47.4 Å². The first kappa shape index (κ1) is 22.8. The van der Waals surface area contributed by atoms with Crippen molar-refractivity contribution in [2.45, 2.75) is 12.5 Å². The number of rotatable bonds is 5. The van der Waals surface area contributed by atoms with Crippen LogP contribution < -0.4 is 14.8 Å². The zero-order valence-corrected chi connectivity index (χ0v) is 19.8. The van der Waals surface area contributed by atoms with Crippen molar-refractivity contribution in [1.29, 1.82) is 0 Å². The minimum Gasteiger partial charge on any atom is -0.486 e. The van der Waals surface area contributed by atoms with E-state index in [1.54, 1.807) is 49.4 Å². The fourth-order valence-electron chi connectivity index (χ4n) is 4.88. The monoisotopic (exact) mass is 499 g/mol. The Balaban J connectivity index is 1.34. The molecule has 1 fully saturated rings. The van der Waals surface area contributed by atoms with Gasteiger partial charge in [0.2, 0.25) is 0 Å². The van der Waals surface area contributed by atoms with Crippen LogP contribution in [0.2, 0.25) is 0 Å². The van der Waals surface area contributed by atoms with Crippen LogP contribution in [0.3, 0.4) is 0 Å². The first-order valence-electron chi connectivity index (χ1n) is 11.8. The molecule has 0 radical (unpaired) electrons. The van der Waals surface area contributed by atoms with Crippen LogP contribution in [0.15, 0.2) is 66.7 Å². The highest BCUT2D eigenvalue weighted by atomic mass is 19.1. The lowest BCUT2D eigenvalue weighted by Gasteiger charge is -2.25. The number of hydrogen-bond acceptors (Lipinski definition) is 5. The highest BCUT2D eigenvalue weighted by molar-refractivity contribution is 6.17. The van der Waals surface area contributed by atoms with Gasteiger partial charge in [-0.3, -0.25) is 14.5 Å². The van der Waals surface area contributed by atoms with E-state index in [0.717, 1.165) is 4.90 Å². The molecule has 0 spiro atoms. The predicted octanol–water partition coefficient (Wildman–Crippen LogP) is 4.40. The Labute approximate surface area is 211 Å². The number of carbonyl (C=O) groups is 3. The van der Waals surface area contributed by atoms with Gasteiger partial charge in [-0.05, 0) is 60.5 Å². The van der Waals surface area contributed by atoms with Crippen molar-refractivity contribution in [2.24, 2.45) is 0 Å². The minimum absolute atomic E-state index is 0.329. The van der Waals surface area contributed by atoms with E-state index in [2.05, 4.69) is 10.3 Å².